The van der Waals surface area contributed by atoms with Crippen LogP contribution in [0.3, 0.4) is 0 Å². The van der Waals surface area contributed by atoms with Crippen LogP contribution < -0.4 is 16.6 Å². The lowest BCUT2D eigenvalue weighted by molar-refractivity contribution is 0.102. The minimum Gasteiger partial charge on any atom is -0.322 e. The Hall–Kier alpha value is -1.99. The number of nitrogen functional groups attached to an aromatic ring is 1. The number of nitrogens with two attached hydrogens (primary N) is 1. The molecule has 2 aromatic rings. The van der Waals surface area contributed by atoms with Crippen molar-refractivity contribution in [1.29, 1.82) is 0 Å². The molecule has 0 atom stereocenters. The maximum absolute atomic E-state index is 13.3. The van der Waals surface area contributed by atoms with E-state index in [0.29, 0.717) is 10.2 Å². The zero-order valence-corrected chi connectivity index (χ0v) is 11.2. The second kappa shape index (κ2) is 5.77. The van der Waals surface area contributed by atoms with E-state index in [1.165, 1.54) is 18.3 Å². The number of halogens is 2. The number of hydrazine groups is 1. The molecule has 4 N–H and O–H groups in total. The fraction of sp³-hybridized carbons (Fsp3) is 0. The largest absolute Gasteiger partial charge is 0.322 e. The first-order valence-corrected chi connectivity index (χ1v) is 6.09. The van der Waals surface area contributed by atoms with Crippen LogP contribution in [0.5, 0.6) is 0 Å². The Morgan fingerprint density at radius 1 is 1.37 bits per heavy atom. The van der Waals surface area contributed by atoms with E-state index in [9.17, 15) is 9.18 Å². The van der Waals surface area contributed by atoms with Gasteiger partial charge >= 0.3 is 0 Å². The number of benzene rings is 1. The summed E-state index contributed by atoms with van der Waals surface area (Å²) in [7, 11) is 0. The van der Waals surface area contributed by atoms with Crippen LogP contribution in [-0.2, 0) is 0 Å². The maximum atomic E-state index is 13.3. The molecule has 1 aromatic heterocycles. The van der Waals surface area contributed by atoms with Crippen LogP contribution in [0.25, 0.3) is 0 Å². The maximum Gasteiger partial charge on any atom is 0.259 e. The van der Waals surface area contributed by atoms with E-state index in [1.807, 2.05) is 0 Å². The minimum atomic E-state index is -0.457. The predicted octanol–water partition coefficient (Wildman–Crippen LogP) is 2.52. The Balaban J connectivity index is 2.23. The molecular formula is C12H10BrFN4O. The Morgan fingerprint density at radius 3 is 2.84 bits per heavy atom. The molecule has 5 nitrogen and oxygen atoms in total. The van der Waals surface area contributed by atoms with Gasteiger partial charge in [0.2, 0.25) is 0 Å². The Morgan fingerprint density at radius 2 is 2.16 bits per heavy atom. The lowest BCUT2D eigenvalue weighted by Gasteiger charge is -2.08. The van der Waals surface area contributed by atoms with E-state index in [-0.39, 0.29) is 11.4 Å². The molecule has 2 rings (SSSR count). The summed E-state index contributed by atoms with van der Waals surface area (Å²) in [6.07, 6.45) is 1.51. The number of rotatable bonds is 3. The van der Waals surface area contributed by atoms with Gasteiger partial charge in [0, 0.05) is 11.9 Å². The molecule has 0 radical (unpaired) electrons. The zero-order valence-electron chi connectivity index (χ0n) is 9.65. The summed E-state index contributed by atoms with van der Waals surface area (Å²) in [4.78, 5) is 15.9. The average Bonchev–Trinajstić information content (AvgIpc) is 2.43. The van der Waals surface area contributed by atoms with Crippen LogP contribution in [0, 0.1) is 5.82 Å². The fourth-order valence-electron chi connectivity index (χ4n) is 1.48. The number of hydrogen-bond acceptors (Lipinski definition) is 4. The van der Waals surface area contributed by atoms with Gasteiger partial charge in [-0.25, -0.2) is 15.2 Å². The number of aromatic nitrogens is 1. The van der Waals surface area contributed by atoms with Gasteiger partial charge in [-0.05, 0) is 46.3 Å². The lowest BCUT2D eigenvalue weighted by atomic mass is 10.2. The van der Waals surface area contributed by atoms with Crippen molar-refractivity contribution in [3.05, 3.63) is 52.4 Å². The van der Waals surface area contributed by atoms with Crippen molar-refractivity contribution in [2.45, 2.75) is 0 Å². The first-order valence-electron chi connectivity index (χ1n) is 5.30. The second-order valence-corrected chi connectivity index (χ2v) is 4.48. The average molecular weight is 325 g/mol. The number of carbonyl (C=O) groups is 1. The van der Waals surface area contributed by atoms with Gasteiger partial charge in [-0.15, -0.1) is 0 Å². The topological polar surface area (TPSA) is 80.0 Å². The SMILES string of the molecule is NNc1ncccc1C(=O)Nc1ccc(Br)c(F)c1. The van der Waals surface area contributed by atoms with E-state index in [1.54, 1.807) is 18.2 Å². The van der Waals surface area contributed by atoms with Crippen LogP contribution in [0.15, 0.2) is 41.0 Å². The number of nitrogens with zero attached hydrogens (tertiary/aromatic N) is 1. The van der Waals surface area contributed by atoms with E-state index in [0.717, 1.165) is 0 Å². The number of carbonyl (C=O) groups excluding carboxylic acids is 1. The van der Waals surface area contributed by atoms with Gasteiger partial charge in [0.15, 0.2) is 5.82 Å². The molecule has 1 aromatic carbocycles. The van der Waals surface area contributed by atoms with Gasteiger partial charge in [0.05, 0.1) is 10.0 Å². The van der Waals surface area contributed by atoms with E-state index < -0.39 is 11.7 Å². The Labute approximate surface area is 117 Å². The highest BCUT2D eigenvalue weighted by atomic mass is 79.9. The van der Waals surface area contributed by atoms with E-state index in [4.69, 9.17) is 5.84 Å². The third-order valence-electron chi connectivity index (χ3n) is 2.37. The summed E-state index contributed by atoms with van der Waals surface area (Å²) >= 11 is 3.04. The summed E-state index contributed by atoms with van der Waals surface area (Å²) < 4.78 is 13.7. The smallest absolute Gasteiger partial charge is 0.259 e. The number of amides is 1. The molecule has 0 bridgehead atoms. The summed E-state index contributed by atoms with van der Waals surface area (Å²) in [5, 5.41) is 2.57. The molecule has 19 heavy (non-hydrogen) atoms. The first-order chi connectivity index (χ1) is 9.11. The molecule has 0 aliphatic carbocycles. The van der Waals surface area contributed by atoms with Gasteiger partial charge in [0.1, 0.15) is 5.82 Å². The summed E-state index contributed by atoms with van der Waals surface area (Å²) in [5.41, 5.74) is 2.95. The molecule has 0 saturated carbocycles. The van der Waals surface area contributed by atoms with Crippen molar-refractivity contribution in [2.24, 2.45) is 5.84 Å². The summed E-state index contributed by atoms with van der Waals surface area (Å²) in [6, 6.07) is 7.48. The second-order valence-electron chi connectivity index (χ2n) is 3.63. The summed E-state index contributed by atoms with van der Waals surface area (Å²) in [5.74, 6) is 4.63. The highest BCUT2D eigenvalue weighted by Crippen LogP contribution is 2.20. The van der Waals surface area contributed by atoms with Crippen molar-refractivity contribution < 1.29 is 9.18 Å². The number of pyridine rings is 1. The Bertz CT molecular complexity index is 620. The lowest BCUT2D eigenvalue weighted by Crippen LogP contribution is -2.18. The quantitative estimate of drug-likeness (QED) is 0.598. The molecule has 0 fully saturated rings. The van der Waals surface area contributed by atoms with Crippen molar-refractivity contribution in [2.75, 3.05) is 10.7 Å². The summed E-state index contributed by atoms with van der Waals surface area (Å²) in [6.45, 7) is 0. The van der Waals surface area contributed by atoms with Crippen molar-refractivity contribution in [1.82, 2.24) is 4.98 Å². The molecule has 1 heterocycles. The molecule has 98 valence electrons. The highest BCUT2D eigenvalue weighted by Gasteiger charge is 2.12. The van der Waals surface area contributed by atoms with Gasteiger partial charge in [-0.1, -0.05) is 0 Å². The molecule has 0 saturated heterocycles. The highest BCUT2D eigenvalue weighted by molar-refractivity contribution is 9.10. The molecule has 7 heteroatoms. The van der Waals surface area contributed by atoms with Gasteiger partial charge < -0.3 is 10.7 Å². The van der Waals surface area contributed by atoms with E-state index >= 15 is 0 Å². The van der Waals surface area contributed by atoms with Crippen molar-refractivity contribution in [3.8, 4) is 0 Å². The molecule has 1 amide bonds. The zero-order chi connectivity index (χ0) is 13.8. The number of anilines is 2. The Kier molecular flexibility index (Phi) is 4.08. The van der Waals surface area contributed by atoms with Gasteiger partial charge in [-0.2, -0.15) is 0 Å². The first kappa shape index (κ1) is 13.4. The third-order valence-corrected chi connectivity index (χ3v) is 3.01. The monoisotopic (exact) mass is 324 g/mol. The van der Waals surface area contributed by atoms with Gasteiger partial charge in [0.25, 0.3) is 5.91 Å². The minimum absolute atomic E-state index is 0.248. The van der Waals surface area contributed by atoms with Crippen LogP contribution in [0.4, 0.5) is 15.9 Å². The normalized spacial score (nSPS) is 10.1. The standard InChI is InChI=1S/C12H10BrFN4O/c13-9-4-3-7(6-10(9)14)17-12(19)8-2-1-5-16-11(8)18-15/h1-6H,15H2,(H,16,18)(H,17,19). The molecule has 0 unspecified atom stereocenters. The van der Waals surface area contributed by atoms with Gasteiger partial charge in [-0.3, -0.25) is 4.79 Å². The predicted molar refractivity (Wildman–Crippen MR) is 74.1 cm³/mol. The fourth-order valence-corrected chi connectivity index (χ4v) is 1.72. The molecule has 0 aliphatic heterocycles. The van der Waals surface area contributed by atoms with Crippen molar-refractivity contribution >= 4 is 33.3 Å². The van der Waals surface area contributed by atoms with Crippen LogP contribution in [0.2, 0.25) is 0 Å². The number of nitrogens with one attached hydrogen (secondary N) is 2. The molecule has 0 aliphatic rings. The molecular weight excluding hydrogens is 315 g/mol. The number of hydrogen-bond donors (Lipinski definition) is 3. The third kappa shape index (κ3) is 3.07. The molecule has 0 spiro atoms. The van der Waals surface area contributed by atoms with Crippen LogP contribution in [-0.4, -0.2) is 10.9 Å². The van der Waals surface area contributed by atoms with Crippen LogP contribution >= 0.6 is 15.9 Å². The van der Waals surface area contributed by atoms with E-state index in [2.05, 4.69) is 31.7 Å². The van der Waals surface area contributed by atoms with Crippen molar-refractivity contribution in [3.63, 3.8) is 0 Å². The van der Waals surface area contributed by atoms with Crippen LogP contribution in [0.1, 0.15) is 10.4 Å².